The van der Waals surface area contributed by atoms with E-state index in [0.717, 1.165) is 0 Å². The molecule has 1 fully saturated rings. The van der Waals surface area contributed by atoms with E-state index >= 15 is 0 Å². The summed E-state index contributed by atoms with van der Waals surface area (Å²) in [6.45, 7) is 6.57. The van der Waals surface area contributed by atoms with Gasteiger partial charge in [0.2, 0.25) is 0 Å². The first-order valence-corrected chi connectivity index (χ1v) is 9.08. The second kappa shape index (κ2) is 7.59. The van der Waals surface area contributed by atoms with Crippen LogP contribution in [-0.4, -0.2) is 63.9 Å². The monoisotopic (exact) mass is 388 g/mol. The van der Waals surface area contributed by atoms with Gasteiger partial charge in [-0.25, -0.2) is 9.78 Å². The molecule has 1 N–H and O–H groups in total. The van der Waals surface area contributed by atoms with Crippen LogP contribution in [0.5, 0.6) is 0 Å². The zero-order valence-corrected chi connectivity index (χ0v) is 16.2. The number of hydrogen-bond donors (Lipinski definition) is 1. The van der Waals surface area contributed by atoms with E-state index in [4.69, 9.17) is 4.74 Å². The number of carbonyl (C=O) groups excluding carboxylic acids is 1. The fourth-order valence-electron chi connectivity index (χ4n) is 3.18. The van der Waals surface area contributed by atoms with Crippen LogP contribution in [0.2, 0.25) is 0 Å². The lowest BCUT2D eigenvalue weighted by atomic mass is 10.1. The normalized spacial score (nSPS) is 17.6. The van der Waals surface area contributed by atoms with E-state index in [-0.39, 0.29) is 18.3 Å². The Kier molecular flexibility index (Phi) is 5.37. The second-order valence-corrected chi connectivity index (χ2v) is 7.76. The van der Waals surface area contributed by atoms with Crippen molar-refractivity contribution in [3.63, 3.8) is 0 Å². The third-order valence-corrected chi connectivity index (χ3v) is 4.51. The highest BCUT2D eigenvalue weighted by atomic mass is 16.6. The molecule has 3 rings (SSSR count). The maximum atomic E-state index is 12.3. The standard InChI is InChI=1S/C19H24N4O5/c1-19(2,3)28-18(25)21-8-9-22(15(11-21)12-24)17-7-4-13-10-14(23(26)27)5-6-16(13)20-17/h4-7,10,15,24H,8-9,11-12H2,1-3H3. The maximum Gasteiger partial charge on any atom is 0.410 e. The smallest absolute Gasteiger partial charge is 0.410 e. The molecule has 0 radical (unpaired) electrons. The number of benzene rings is 1. The van der Waals surface area contributed by atoms with E-state index in [1.165, 1.54) is 12.1 Å². The summed E-state index contributed by atoms with van der Waals surface area (Å²) in [6, 6.07) is 7.75. The van der Waals surface area contributed by atoms with Crippen LogP contribution in [0.3, 0.4) is 0 Å². The quantitative estimate of drug-likeness (QED) is 0.636. The van der Waals surface area contributed by atoms with Gasteiger partial charge >= 0.3 is 6.09 Å². The number of nitrogens with zero attached hydrogens (tertiary/aromatic N) is 4. The van der Waals surface area contributed by atoms with E-state index in [0.29, 0.717) is 36.4 Å². The molecule has 1 amide bonds. The first-order valence-electron chi connectivity index (χ1n) is 9.08. The topological polar surface area (TPSA) is 109 Å². The number of piperazine rings is 1. The molecule has 1 saturated heterocycles. The highest BCUT2D eigenvalue weighted by molar-refractivity contribution is 5.82. The number of rotatable bonds is 3. The van der Waals surface area contributed by atoms with E-state index in [1.54, 1.807) is 23.1 Å². The van der Waals surface area contributed by atoms with Crippen molar-refractivity contribution in [2.24, 2.45) is 0 Å². The minimum Gasteiger partial charge on any atom is -0.444 e. The number of fused-ring (bicyclic) bond motifs is 1. The Hall–Kier alpha value is -2.94. The van der Waals surface area contributed by atoms with Gasteiger partial charge in [-0.1, -0.05) is 0 Å². The van der Waals surface area contributed by atoms with Crippen molar-refractivity contribution in [2.45, 2.75) is 32.4 Å². The molecule has 0 bridgehead atoms. The number of amides is 1. The minimum absolute atomic E-state index is 0.0151. The molecule has 1 atom stereocenters. The molecule has 0 spiro atoms. The van der Waals surface area contributed by atoms with Crippen LogP contribution in [0.4, 0.5) is 16.3 Å². The summed E-state index contributed by atoms with van der Waals surface area (Å²) >= 11 is 0. The van der Waals surface area contributed by atoms with Gasteiger partial charge < -0.3 is 19.6 Å². The van der Waals surface area contributed by atoms with Crippen molar-refractivity contribution in [2.75, 3.05) is 31.1 Å². The van der Waals surface area contributed by atoms with Gasteiger partial charge in [0, 0.05) is 37.2 Å². The largest absolute Gasteiger partial charge is 0.444 e. The first kappa shape index (κ1) is 19.8. The molecule has 2 heterocycles. The Bertz CT molecular complexity index is 896. The Labute approximate surface area is 162 Å². The summed E-state index contributed by atoms with van der Waals surface area (Å²) in [6.07, 6.45) is -0.399. The van der Waals surface area contributed by atoms with Crippen LogP contribution in [0.15, 0.2) is 30.3 Å². The SMILES string of the molecule is CC(C)(C)OC(=O)N1CCN(c2ccc3cc([N+](=O)[O-])ccc3n2)C(CO)C1. The van der Waals surface area contributed by atoms with Crippen LogP contribution in [0, 0.1) is 10.1 Å². The van der Waals surface area contributed by atoms with Gasteiger partial charge in [-0.2, -0.15) is 0 Å². The first-order chi connectivity index (χ1) is 13.2. The van der Waals surface area contributed by atoms with Crippen LogP contribution in [-0.2, 0) is 4.74 Å². The molecular formula is C19H24N4O5. The Morgan fingerprint density at radius 2 is 2.07 bits per heavy atom. The Balaban J connectivity index is 1.79. The molecule has 0 aliphatic carbocycles. The lowest BCUT2D eigenvalue weighted by molar-refractivity contribution is -0.384. The zero-order valence-electron chi connectivity index (χ0n) is 16.2. The maximum absolute atomic E-state index is 12.3. The summed E-state index contributed by atoms with van der Waals surface area (Å²) in [4.78, 5) is 30.9. The van der Waals surface area contributed by atoms with Gasteiger partial charge in [-0.15, -0.1) is 0 Å². The number of aliphatic hydroxyl groups is 1. The summed E-state index contributed by atoms with van der Waals surface area (Å²) in [5.74, 6) is 0.657. The molecule has 1 aromatic heterocycles. The molecule has 9 nitrogen and oxygen atoms in total. The van der Waals surface area contributed by atoms with Crippen molar-refractivity contribution in [1.82, 2.24) is 9.88 Å². The number of aliphatic hydroxyl groups excluding tert-OH is 1. The lowest BCUT2D eigenvalue weighted by Gasteiger charge is -2.41. The summed E-state index contributed by atoms with van der Waals surface area (Å²) in [5, 5.41) is 21.4. The molecule has 28 heavy (non-hydrogen) atoms. The minimum atomic E-state index is -0.578. The number of anilines is 1. The molecule has 1 unspecified atom stereocenters. The molecule has 1 aromatic carbocycles. The van der Waals surface area contributed by atoms with Gasteiger partial charge in [0.25, 0.3) is 5.69 Å². The van der Waals surface area contributed by atoms with E-state index < -0.39 is 16.6 Å². The van der Waals surface area contributed by atoms with Gasteiger partial charge in [-0.05, 0) is 39.0 Å². The van der Waals surface area contributed by atoms with Crippen LogP contribution < -0.4 is 4.90 Å². The van der Waals surface area contributed by atoms with Gasteiger partial charge in [0.1, 0.15) is 11.4 Å². The number of hydrogen-bond acceptors (Lipinski definition) is 7. The predicted octanol–water partition coefficient (Wildman–Crippen LogP) is 2.56. The highest BCUT2D eigenvalue weighted by Gasteiger charge is 2.32. The highest BCUT2D eigenvalue weighted by Crippen LogP contribution is 2.25. The lowest BCUT2D eigenvalue weighted by Crippen LogP contribution is -2.57. The van der Waals surface area contributed by atoms with E-state index in [1.807, 2.05) is 25.7 Å². The predicted molar refractivity (Wildman–Crippen MR) is 104 cm³/mol. The summed E-state index contributed by atoms with van der Waals surface area (Å²) < 4.78 is 5.42. The van der Waals surface area contributed by atoms with E-state index in [9.17, 15) is 20.0 Å². The van der Waals surface area contributed by atoms with Crippen LogP contribution in [0.25, 0.3) is 10.9 Å². The average molecular weight is 388 g/mol. The Morgan fingerprint density at radius 3 is 2.71 bits per heavy atom. The van der Waals surface area contributed by atoms with Gasteiger partial charge in [0.05, 0.1) is 23.1 Å². The van der Waals surface area contributed by atoms with Gasteiger partial charge in [-0.3, -0.25) is 10.1 Å². The van der Waals surface area contributed by atoms with Crippen molar-refractivity contribution >= 4 is 28.5 Å². The molecule has 9 heteroatoms. The molecule has 1 aliphatic rings. The molecule has 150 valence electrons. The Morgan fingerprint density at radius 1 is 1.32 bits per heavy atom. The van der Waals surface area contributed by atoms with Crippen LogP contribution in [0.1, 0.15) is 20.8 Å². The molecule has 1 aliphatic heterocycles. The number of aromatic nitrogens is 1. The zero-order chi connectivity index (χ0) is 20.5. The number of carbonyl (C=O) groups is 1. The van der Waals surface area contributed by atoms with Gasteiger partial charge in [0.15, 0.2) is 0 Å². The van der Waals surface area contributed by atoms with Crippen molar-refractivity contribution in [3.05, 3.63) is 40.4 Å². The van der Waals surface area contributed by atoms with Crippen molar-refractivity contribution in [1.29, 1.82) is 0 Å². The fraction of sp³-hybridized carbons (Fsp3) is 0.474. The number of pyridine rings is 1. The number of ether oxygens (including phenoxy) is 1. The molecule has 2 aromatic rings. The number of nitro benzene ring substituents is 1. The molecular weight excluding hydrogens is 364 g/mol. The van der Waals surface area contributed by atoms with Crippen LogP contribution >= 0.6 is 0 Å². The summed E-state index contributed by atoms with van der Waals surface area (Å²) in [7, 11) is 0. The summed E-state index contributed by atoms with van der Waals surface area (Å²) in [5.41, 5.74) is 0.0708. The molecule has 0 saturated carbocycles. The van der Waals surface area contributed by atoms with Crippen molar-refractivity contribution in [3.8, 4) is 0 Å². The third-order valence-electron chi connectivity index (χ3n) is 4.51. The fourth-order valence-corrected chi connectivity index (χ4v) is 3.18. The second-order valence-electron chi connectivity index (χ2n) is 7.76. The number of non-ortho nitro benzene ring substituents is 1. The number of nitro groups is 1. The third kappa shape index (κ3) is 4.30. The van der Waals surface area contributed by atoms with E-state index in [2.05, 4.69) is 4.98 Å². The van der Waals surface area contributed by atoms with Crippen molar-refractivity contribution < 1.29 is 19.6 Å². The average Bonchev–Trinajstić information content (AvgIpc) is 2.65.